The molecule has 4 nitrogen and oxygen atoms in total. The maximum absolute atomic E-state index is 13.5. The summed E-state index contributed by atoms with van der Waals surface area (Å²) in [6.07, 6.45) is 0. The van der Waals surface area contributed by atoms with Gasteiger partial charge >= 0.3 is 10.1 Å². The van der Waals surface area contributed by atoms with Crippen LogP contribution < -0.4 is 8.92 Å². The quantitative estimate of drug-likeness (QED) is 0.815. The van der Waals surface area contributed by atoms with Crippen LogP contribution in [0.25, 0.3) is 0 Å². The van der Waals surface area contributed by atoms with Gasteiger partial charge < -0.3 is 8.92 Å². The lowest BCUT2D eigenvalue weighted by atomic mass is 10.3. The Morgan fingerprint density at radius 1 is 0.950 bits per heavy atom. The van der Waals surface area contributed by atoms with Gasteiger partial charge in [-0.15, -0.1) is 0 Å². The van der Waals surface area contributed by atoms with Crippen molar-refractivity contribution in [3.63, 3.8) is 0 Å². The molecule has 0 amide bonds. The van der Waals surface area contributed by atoms with Crippen molar-refractivity contribution in [2.45, 2.75) is 4.90 Å². The monoisotopic (exact) mass is 300 g/mol. The van der Waals surface area contributed by atoms with E-state index in [9.17, 15) is 17.2 Å². The predicted molar refractivity (Wildman–Crippen MR) is 67.2 cm³/mol. The standard InChI is InChI=1S/C13H10F2O4S/c1-18-12-7-6-9(8-11(12)15)20(16,17)19-13-5-3-2-4-10(13)14/h2-8H,1H3. The number of methoxy groups -OCH3 is 1. The highest BCUT2D eigenvalue weighted by Gasteiger charge is 2.20. The minimum Gasteiger partial charge on any atom is -0.494 e. The largest absolute Gasteiger partial charge is 0.494 e. The van der Waals surface area contributed by atoms with E-state index in [1.54, 1.807) is 0 Å². The fraction of sp³-hybridized carbons (Fsp3) is 0.0769. The highest BCUT2D eigenvalue weighted by Crippen LogP contribution is 2.24. The Kier molecular flexibility index (Phi) is 3.89. The number of hydrogen-bond donors (Lipinski definition) is 0. The smallest absolute Gasteiger partial charge is 0.339 e. The molecule has 2 aromatic carbocycles. The van der Waals surface area contributed by atoms with Gasteiger partial charge in [0.1, 0.15) is 4.90 Å². The molecule has 106 valence electrons. The predicted octanol–water partition coefficient (Wildman–Crippen LogP) is 2.74. The van der Waals surface area contributed by atoms with Gasteiger partial charge in [0.2, 0.25) is 0 Å². The van der Waals surface area contributed by atoms with Gasteiger partial charge in [-0.3, -0.25) is 0 Å². The van der Waals surface area contributed by atoms with E-state index in [2.05, 4.69) is 8.92 Å². The van der Waals surface area contributed by atoms with Crippen molar-refractivity contribution in [2.75, 3.05) is 7.11 Å². The molecule has 0 aliphatic heterocycles. The van der Waals surface area contributed by atoms with Crippen LogP contribution in [-0.2, 0) is 10.1 Å². The van der Waals surface area contributed by atoms with E-state index in [4.69, 9.17) is 0 Å². The van der Waals surface area contributed by atoms with Crippen molar-refractivity contribution in [3.05, 3.63) is 54.1 Å². The molecule has 0 N–H and O–H groups in total. The number of hydrogen-bond acceptors (Lipinski definition) is 4. The van der Waals surface area contributed by atoms with Gasteiger partial charge in [0.15, 0.2) is 23.1 Å². The third-order valence-corrected chi connectivity index (χ3v) is 3.68. The Morgan fingerprint density at radius 2 is 1.65 bits per heavy atom. The Labute approximate surface area is 114 Å². The van der Waals surface area contributed by atoms with Gasteiger partial charge in [-0.1, -0.05) is 12.1 Å². The molecule has 20 heavy (non-hydrogen) atoms. The average Bonchev–Trinajstić information content (AvgIpc) is 2.41. The lowest BCUT2D eigenvalue weighted by Crippen LogP contribution is -2.11. The van der Waals surface area contributed by atoms with Crippen LogP contribution in [0, 0.1) is 11.6 Å². The molecule has 0 aliphatic carbocycles. The van der Waals surface area contributed by atoms with Gasteiger partial charge in [0.25, 0.3) is 0 Å². The molecule has 0 radical (unpaired) electrons. The molecule has 0 saturated heterocycles. The van der Waals surface area contributed by atoms with Crippen LogP contribution in [0.5, 0.6) is 11.5 Å². The van der Waals surface area contributed by atoms with Crippen LogP contribution in [0.4, 0.5) is 8.78 Å². The maximum Gasteiger partial charge on any atom is 0.339 e. The van der Waals surface area contributed by atoms with Gasteiger partial charge in [0.05, 0.1) is 7.11 Å². The highest BCUT2D eigenvalue weighted by molar-refractivity contribution is 7.87. The SMILES string of the molecule is COc1ccc(S(=O)(=O)Oc2ccccc2F)cc1F. The number of benzene rings is 2. The van der Waals surface area contributed by atoms with Crippen LogP contribution in [0.3, 0.4) is 0 Å². The summed E-state index contributed by atoms with van der Waals surface area (Å²) in [6, 6.07) is 8.02. The molecular weight excluding hydrogens is 290 g/mol. The summed E-state index contributed by atoms with van der Waals surface area (Å²) < 4.78 is 60.0. The van der Waals surface area contributed by atoms with Crippen LogP contribution in [-0.4, -0.2) is 15.5 Å². The first-order chi connectivity index (χ1) is 9.44. The van der Waals surface area contributed by atoms with Crippen molar-refractivity contribution < 1.29 is 26.1 Å². The van der Waals surface area contributed by atoms with Crippen molar-refractivity contribution in [3.8, 4) is 11.5 Å². The topological polar surface area (TPSA) is 52.6 Å². The van der Waals surface area contributed by atoms with E-state index in [-0.39, 0.29) is 5.75 Å². The summed E-state index contributed by atoms with van der Waals surface area (Å²) >= 11 is 0. The molecule has 0 atom stereocenters. The first-order valence-corrected chi connectivity index (χ1v) is 6.87. The highest BCUT2D eigenvalue weighted by atomic mass is 32.2. The van der Waals surface area contributed by atoms with Crippen LogP contribution in [0.1, 0.15) is 0 Å². The van der Waals surface area contributed by atoms with E-state index in [1.165, 1.54) is 19.2 Å². The van der Waals surface area contributed by atoms with Gasteiger partial charge in [0, 0.05) is 0 Å². The van der Waals surface area contributed by atoms with Crippen LogP contribution in [0.15, 0.2) is 47.4 Å². The van der Waals surface area contributed by atoms with E-state index in [0.717, 1.165) is 30.3 Å². The summed E-state index contributed by atoms with van der Waals surface area (Å²) in [7, 11) is -3.07. The number of para-hydroxylation sites is 1. The molecule has 0 saturated carbocycles. The molecule has 0 heterocycles. The fourth-order valence-corrected chi connectivity index (χ4v) is 2.43. The molecule has 0 fully saturated rings. The lowest BCUT2D eigenvalue weighted by Gasteiger charge is -2.08. The average molecular weight is 300 g/mol. The first-order valence-electron chi connectivity index (χ1n) is 5.46. The normalized spacial score (nSPS) is 11.2. The Bertz CT molecular complexity index is 729. The van der Waals surface area contributed by atoms with E-state index in [1.807, 2.05) is 0 Å². The molecule has 0 unspecified atom stereocenters. The number of ether oxygens (including phenoxy) is 1. The first kappa shape index (κ1) is 14.3. The Morgan fingerprint density at radius 3 is 2.25 bits per heavy atom. The molecular formula is C13H10F2O4S. The van der Waals surface area contributed by atoms with Gasteiger partial charge in [-0.25, -0.2) is 8.78 Å². The minimum atomic E-state index is -4.32. The molecule has 0 spiro atoms. The number of halogens is 2. The van der Waals surface area contributed by atoms with Crippen LogP contribution >= 0.6 is 0 Å². The zero-order valence-electron chi connectivity index (χ0n) is 10.3. The Balaban J connectivity index is 2.36. The zero-order valence-corrected chi connectivity index (χ0v) is 11.2. The summed E-state index contributed by atoms with van der Waals surface area (Å²) in [4.78, 5) is -0.431. The maximum atomic E-state index is 13.5. The van der Waals surface area contributed by atoms with Gasteiger partial charge in [-0.2, -0.15) is 8.42 Å². The van der Waals surface area contributed by atoms with Crippen LogP contribution in [0.2, 0.25) is 0 Å². The second-order valence-electron chi connectivity index (χ2n) is 3.76. The van der Waals surface area contributed by atoms with Crippen molar-refractivity contribution in [2.24, 2.45) is 0 Å². The summed E-state index contributed by atoms with van der Waals surface area (Å²) in [6.45, 7) is 0. The molecule has 0 bridgehead atoms. The van der Waals surface area contributed by atoms with E-state index in [0.29, 0.717) is 0 Å². The Hall–Kier alpha value is -2.15. The molecule has 7 heteroatoms. The molecule has 2 aromatic rings. The third-order valence-electron chi connectivity index (χ3n) is 2.45. The fourth-order valence-electron chi connectivity index (χ4n) is 1.48. The van der Waals surface area contributed by atoms with E-state index < -0.39 is 32.4 Å². The zero-order chi connectivity index (χ0) is 14.8. The molecule has 2 rings (SSSR count). The van der Waals surface area contributed by atoms with Crippen molar-refractivity contribution in [1.29, 1.82) is 0 Å². The van der Waals surface area contributed by atoms with Crippen molar-refractivity contribution >= 4 is 10.1 Å². The lowest BCUT2D eigenvalue weighted by molar-refractivity contribution is 0.385. The number of rotatable bonds is 4. The third kappa shape index (κ3) is 2.88. The van der Waals surface area contributed by atoms with Gasteiger partial charge in [-0.05, 0) is 30.3 Å². The summed E-state index contributed by atoms with van der Waals surface area (Å²) in [5.41, 5.74) is 0. The van der Waals surface area contributed by atoms with E-state index >= 15 is 0 Å². The minimum absolute atomic E-state index is 0.102. The molecule has 0 aromatic heterocycles. The molecule has 0 aliphatic rings. The second kappa shape index (κ2) is 5.46. The summed E-state index contributed by atoms with van der Waals surface area (Å²) in [5.74, 6) is -2.24. The second-order valence-corrected chi connectivity index (χ2v) is 5.31. The summed E-state index contributed by atoms with van der Waals surface area (Å²) in [5, 5.41) is 0. The van der Waals surface area contributed by atoms with Crippen molar-refractivity contribution in [1.82, 2.24) is 0 Å².